The Labute approximate surface area is 108 Å². The molecule has 0 aliphatic rings. The van der Waals surface area contributed by atoms with Crippen molar-refractivity contribution < 1.29 is 9.59 Å². The Bertz CT molecular complexity index is 377. The number of carbonyl (C=O) groups is 2. The Morgan fingerprint density at radius 2 is 1.56 bits per heavy atom. The minimum Gasteiger partial charge on any atom is -0.356 e. The number of rotatable bonds is 7. The topological polar surface area (TPSA) is 58.2 Å². The predicted octanol–water partition coefficient (Wildman–Crippen LogP) is 1.72. The molecule has 0 saturated heterocycles. The number of hydrogen-bond donors (Lipinski definition) is 2. The summed E-state index contributed by atoms with van der Waals surface area (Å²) in [6.45, 7) is 2.90. The fraction of sp³-hybridized carbons (Fsp3) is 0.429. The number of hydrogen-bond acceptors (Lipinski definition) is 2. The Morgan fingerprint density at radius 1 is 0.944 bits per heavy atom. The van der Waals surface area contributed by atoms with E-state index in [1.165, 1.54) is 6.92 Å². The van der Waals surface area contributed by atoms with Crippen molar-refractivity contribution in [1.82, 2.24) is 10.6 Å². The zero-order chi connectivity index (χ0) is 13.2. The average Bonchev–Trinajstić information content (AvgIpc) is 2.38. The van der Waals surface area contributed by atoms with Gasteiger partial charge in [-0.1, -0.05) is 18.2 Å². The molecule has 4 nitrogen and oxygen atoms in total. The van der Waals surface area contributed by atoms with Gasteiger partial charge < -0.3 is 10.6 Å². The first-order valence-electron chi connectivity index (χ1n) is 6.28. The van der Waals surface area contributed by atoms with Gasteiger partial charge in [0.1, 0.15) is 0 Å². The van der Waals surface area contributed by atoms with Gasteiger partial charge in [0.05, 0.1) is 0 Å². The summed E-state index contributed by atoms with van der Waals surface area (Å²) in [4.78, 5) is 22.3. The quantitative estimate of drug-likeness (QED) is 0.722. The van der Waals surface area contributed by atoms with Gasteiger partial charge in [-0.2, -0.15) is 0 Å². The standard InChI is InChI=1S/C14H20N2O2/c1-12(17)15-10-6-3-7-11-16-14(18)13-8-4-2-5-9-13/h2,4-5,8-9H,3,6-7,10-11H2,1H3,(H,15,17)(H,16,18). The van der Waals surface area contributed by atoms with Crippen molar-refractivity contribution in [2.75, 3.05) is 13.1 Å². The van der Waals surface area contributed by atoms with Crippen LogP contribution < -0.4 is 10.6 Å². The molecule has 1 aromatic rings. The number of benzene rings is 1. The first-order chi connectivity index (χ1) is 8.70. The highest BCUT2D eigenvalue weighted by Crippen LogP contribution is 1.98. The maximum atomic E-state index is 11.7. The molecule has 0 unspecified atom stereocenters. The Kier molecular flexibility index (Phi) is 6.54. The van der Waals surface area contributed by atoms with Crippen molar-refractivity contribution in [2.45, 2.75) is 26.2 Å². The van der Waals surface area contributed by atoms with Gasteiger partial charge in [0, 0.05) is 25.6 Å². The fourth-order valence-corrected chi connectivity index (χ4v) is 1.58. The van der Waals surface area contributed by atoms with Crippen LogP contribution in [0.3, 0.4) is 0 Å². The van der Waals surface area contributed by atoms with Gasteiger partial charge in [0.2, 0.25) is 5.91 Å². The van der Waals surface area contributed by atoms with Crippen molar-refractivity contribution in [3.63, 3.8) is 0 Å². The van der Waals surface area contributed by atoms with E-state index in [4.69, 9.17) is 0 Å². The molecule has 98 valence electrons. The molecule has 0 aliphatic carbocycles. The number of amides is 2. The lowest BCUT2D eigenvalue weighted by Crippen LogP contribution is -2.25. The summed E-state index contributed by atoms with van der Waals surface area (Å²) in [5.74, 6) is -0.0233. The molecule has 2 amide bonds. The molecular weight excluding hydrogens is 228 g/mol. The second-order valence-electron chi connectivity index (χ2n) is 4.17. The molecule has 4 heteroatoms. The first kappa shape index (κ1) is 14.2. The number of unbranched alkanes of at least 4 members (excludes halogenated alkanes) is 2. The van der Waals surface area contributed by atoms with Crippen LogP contribution in [0.5, 0.6) is 0 Å². The van der Waals surface area contributed by atoms with Crippen LogP contribution >= 0.6 is 0 Å². The van der Waals surface area contributed by atoms with Gasteiger partial charge in [-0.15, -0.1) is 0 Å². The van der Waals surface area contributed by atoms with E-state index in [2.05, 4.69) is 10.6 Å². The van der Waals surface area contributed by atoms with E-state index in [1.54, 1.807) is 12.1 Å². The molecule has 0 heterocycles. The van der Waals surface area contributed by atoms with Crippen LogP contribution in [0.4, 0.5) is 0 Å². The van der Waals surface area contributed by atoms with E-state index in [0.29, 0.717) is 18.7 Å². The molecular formula is C14H20N2O2. The lowest BCUT2D eigenvalue weighted by molar-refractivity contribution is -0.118. The van der Waals surface area contributed by atoms with Gasteiger partial charge in [-0.25, -0.2) is 0 Å². The van der Waals surface area contributed by atoms with Crippen LogP contribution in [0.25, 0.3) is 0 Å². The largest absolute Gasteiger partial charge is 0.356 e. The third-order valence-corrected chi connectivity index (χ3v) is 2.55. The third-order valence-electron chi connectivity index (χ3n) is 2.55. The van der Waals surface area contributed by atoms with E-state index in [-0.39, 0.29) is 11.8 Å². The van der Waals surface area contributed by atoms with Gasteiger partial charge in [-0.3, -0.25) is 9.59 Å². The maximum absolute atomic E-state index is 11.7. The molecule has 0 saturated carbocycles. The van der Waals surface area contributed by atoms with Crippen molar-refractivity contribution in [3.8, 4) is 0 Å². The molecule has 0 radical (unpaired) electrons. The highest BCUT2D eigenvalue weighted by Gasteiger charge is 2.02. The van der Waals surface area contributed by atoms with Crippen LogP contribution in [0, 0.1) is 0 Å². The van der Waals surface area contributed by atoms with Crippen molar-refractivity contribution in [2.24, 2.45) is 0 Å². The Morgan fingerprint density at radius 3 is 2.17 bits per heavy atom. The van der Waals surface area contributed by atoms with Gasteiger partial charge in [0.15, 0.2) is 0 Å². The zero-order valence-electron chi connectivity index (χ0n) is 10.7. The highest BCUT2D eigenvalue weighted by molar-refractivity contribution is 5.94. The molecule has 0 fully saturated rings. The molecule has 1 aromatic carbocycles. The Balaban J connectivity index is 2.05. The summed E-state index contributed by atoms with van der Waals surface area (Å²) in [6, 6.07) is 9.18. The summed E-state index contributed by atoms with van der Waals surface area (Å²) < 4.78 is 0. The van der Waals surface area contributed by atoms with E-state index >= 15 is 0 Å². The zero-order valence-corrected chi connectivity index (χ0v) is 10.7. The van der Waals surface area contributed by atoms with E-state index in [1.807, 2.05) is 18.2 Å². The predicted molar refractivity (Wildman–Crippen MR) is 71.3 cm³/mol. The van der Waals surface area contributed by atoms with Crippen LogP contribution in [-0.2, 0) is 4.79 Å². The van der Waals surface area contributed by atoms with Crippen molar-refractivity contribution >= 4 is 11.8 Å². The van der Waals surface area contributed by atoms with E-state index in [9.17, 15) is 9.59 Å². The van der Waals surface area contributed by atoms with Gasteiger partial charge in [-0.05, 0) is 31.4 Å². The van der Waals surface area contributed by atoms with Crippen LogP contribution in [0.15, 0.2) is 30.3 Å². The minimum atomic E-state index is -0.0301. The fourth-order valence-electron chi connectivity index (χ4n) is 1.58. The molecule has 0 bridgehead atoms. The SMILES string of the molecule is CC(=O)NCCCCCNC(=O)c1ccccc1. The number of nitrogens with one attached hydrogen (secondary N) is 2. The van der Waals surface area contributed by atoms with E-state index in [0.717, 1.165) is 19.3 Å². The second kappa shape index (κ2) is 8.28. The minimum absolute atomic E-state index is 0.00683. The average molecular weight is 248 g/mol. The van der Waals surface area contributed by atoms with Crippen LogP contribution in [0.1, 0.15) is 36.5 Å². The summed E-state index contributed by atoms with van der Waals surface area (Å²) in [6.07, 6.45) is 2.87. The molecule has 0 atom stereocenters. The molecule has 0 aromatic heterocycles. The summed E-state index contributed by atoms with van der Waals surface area (Å²) in [5.41, 5.74) is 0.691. The molecule has 0 spiro atoms. The lowest BCUT2D eigenvalue weighted by atomic mass is 10.2. The van der Waals surface area contributed by atoms with Crippen molar-refractivity contribution in [1.29, 1.82) is 0 Å². The number of carbonyl (C=O) groups excluding carboxylic acids is 2. The molecule has 2 N–H and O–H groups in total. The monoisotopic (exact) mass is 248 g/mol. The van der Waals surface area contributed by atoms with Gasteiger partial charge >= 0.3 is 0 Å². The lowest BCUT2D eigenvalue weighted by Gasteiger charge is -2.05. The van der Waals surface area contributed by atoms with Gasteiger partial charge in [0.25, 0.3) is 5.91 Å². The highest BCUT2D eigenvalue weighted by atomic mass is 16.2. The maximum Gasteiger partial charge on any atom is 0.251 e. The van der Waals surface area contributed by atoms with Crippen LogP contribution in [0.2, 0.25) is 0 Å². The second-order valence-corrected chi connectivity index (χ2v) is 4.17. The molecule has 1 rings (SSSR count). The van der Waals surface area contributed by atoms with Crippen LogP contribution in [-0.4, -0.2) is 24.9 Å². The summed E-state index contributed by atoms with van der Waals surface area (Å²) in [7, 11) is 0. The summed E-state index contributed by atoms with van der Waals surface area (Å²) in [5, 5.41) is 5.62. The Hall–Kier alpha value is -1.84. The smallest absolute Gasteiger partial charge is 0.251 e. The van der Waals surface area contributed by atoms with E-state index < -0.39 is 0 Å². The molecule has 18 heavy (non-hydrogen) atoms. The summed E-state index contributed by atoms with van der Waals surface area (Å²) >= 11 is 0. The van der Waals surface area contributed by atoms with Crippen molar-refractivity contribution in [3.05, 3.63) is 35.9 Å². The molecule has 0 aliphatic heterocycles. The third kappa shape index (κ3) is 6.03. The first-order valence-corrected chi connectivity index (χ1v) is 6.28. The normalized spacial score (nSPS) is 9.83.